The summed E-state index contributed by atoms with van der Waals surface area (Å²) in [5.74, 6) is 0.607. The third kappa shape index (κ3) is 4.30. The first-order chi connectivity index (χ1) is 9.69. The highest BCUT2D eigenvalue weighted by Gasteiger charge is 2.23. The van der Waals surface area contributed by atoms with Crippen LogP contribution in [0, 0.1) is 12.8 Å². The van der Waals surface area contributed by atoms with Gasteiger partial charge in [-0.2, -0.15) is 0 Å². The molecule has 0 aliphatic heterocycles. The van der Waals surface area contributed by atoms with Gasteiger partial charge in [-0.1, -0.05) is 6.42 Å². The van der Waals surface area contributed by atoms with E-state index in [9.17, 15) is 4.79 Å². The van der Waals surface area contributed by atoms with Gasteiger partial charge in [0.2, 0.25) is 5.91 Å². The molecule has 1 amide bonds. The lowest BCUT2D eigenvalue weighted by atomic mass is 9.85. The highest BCUT2D eigenvalue weighted by molar-refractivity contribution is 5.76. The Morgan fingerprint density at radius 2 is 2.35 bits per heavy atom. The van der Waals surface area contributed by atoms with Gasteiger partial charge in [0.05, 0.1) is 6.10 Å². The minimum absolute atomic E-state index is 0.142. The molecular weight excluding hydrogens is 252 g/mol. The summed E-state index contributed by atoms with van der Waals surface area (Å²) in [5.41, 5.74) is 2.25. The molecule has 0 saturated heterocycles. The second-order valence-electron chi connectivity index (χ2n) is 5.67. The molecule has 4 nitrogen and oxygen atoms in total. The molecule has 1 fully saturated rings. The van der Waals surface area contributed by atoms with E-state index in [2.05, 4.69) is 10.3 Å². The lowest BCUT2D eigenvalue weighted by molar-refractivity contribution is -0.122. The number of nitrogens with zero attached hydrogens (tertiary/aromatic N) is 1. The summed E-state index contributed by atoms with van der Waals surface area (Å²) in [4.78, 5) is 16.1. The molecule has 0 aromatic carbocycles. The molecule has 0 radical (unpaired) electrons. The van der Waals surface area contributed by atoms with E-state index in [0.717, 1.165) is 30.4 Å². The van der Waals surface area contributed by atoms with Crippen molar-refractivity contribution in [2.75, 3.05) is 7.11 Å². The van der Waals surface area contributed by atoms with Crippen molar-refractivity contribution in [2.24, 2.45) is 5.92 Å². The number of ether oxygens (including phenoxy) is 1. The van der Waals surface area contributed by atoms with Crippen LogP contribution in [-0.4, -0.2) is 24.1 Å². The van der Waals surface area contributed by atoms with Crippen LogP contribution in [-0.2, 0) is 16.1 Å². The molecular formula is C16H24N2O2. The molecule has 110 valence electrons. The molecule has 20 heavy (non-hydrogen) atoms. The van der Waals surface area contributed by atoms with Gasteiger partial charge in [0.25, 0.3) is 0 Å². The van der Waals surface area contributed by atoms with Crippen LogP contribution in [0.15, 0.2) is 18.5 Å². The second-order valence-corrected chi connectivity index (χ2v) is 5.67. The van der Waals surface area contributed by atoms with E-state index < -0.39 is 0 Å². The average Bonchev–Trinajstić information content (AvgIpc) is 2.46. The van der Waals surface area contributed by atoms with Crippen molar-refractivity contribution < 1.29 is 9.53 Å². The second kappa shape index (κ2) is 7.39. The van der Waals surface area contributed by atoms with E-state index >= 15 is 0 Å². The van der Waals surface area contributed by atoms with Crippen molar-refractivity contribution in [3.05, 3.63) is 29.6 Å². The van der Waals surface area contributed by atoms with Crippen LogP contribution in [0.3, 0.4) is 0 Å². The number of methoxy groups -OCH3 is 1. The Balaban J connectivity index is 1.77. The van der Waals surface area contributed by atoms with E-state index in [-0.39, 0.29) is 5.91 Å². The first-order valence-electron chi connectivity index (χ1n) is 7.38. The van der Waals surface area contributed by atoms with Gasteiger partial charge in [0, 0.05) is 32.5 Å². The van der Waals surface area contributed by atoms with Gasteiger partial charge >= 0.3 is 0 Å². The minimum Gasteiger partial charge on any atom is -0.381 e. The third-order valence-electron chi connectivity index (χ3n) is 4.15. The molecule has 1 aromatic rings. The number of rotatable bonds is 5. The zero-order chi connectivity index (χ0) is 14.4. The predicted molar refractivity (Wildman–Crippen MR) is 78.2 cm³/mol. The van der Waals surface area contributed by atoms with Gasteiger partial charge < -0.3 is 10.1 Å². The molecule has 0 spiro atoms. The smallest absolute Gasteiger partial charge is 0.220 e. The number of carbonyl (C=O) groups excluding carboxylic acids is 1. The van der Waals surface area contributed by atoms with E-state index in [0.29, 0.717) is 25.0 Å². The first kappa shape index (κ1) is 15.0. The average molecular weight is 276 g/mol. The van der Waals surface area contributed by atoms with Crippen LogP contribution >= 0.6 is 0 Å². The molecule has 1 heterocycles. The number of aromatic nitrogens is 1. The van der Waals surface area contributed by atoms with Crippen molar-refractivity contribution in [3.63, 3.8) is 0 Å². The van der Waals surface area contributed by atoms with Crippen molar-refractivity contribution in [2.45, 2.75) is 51.7 Å². The van der Waals surface area contributed by atoms with Crippen LogP contribution < -0.4 is 5.32 Å². The Hall–Kier alpha value is -1.42. The highest BCUT2D eigenvalue weighted by Crippen LogP contribution is 2.28. The maximum Gasteiger partial charge on any atom is 0.220 e. The molecule has 1 N–H and O–H groups in total. The maximum absolute atomic E-state index is 12.0. The summed E-state index contributed by atoms with van der Waals surface area (Å²) in [6.07, 6.45) is 8.99. The number of aryl methyl sites for hydroxylation is 1. The van der Waals surface area contributed by atoms with Gasteiger partial charge in [-0.3, -0.25) is 9.78 Å². The Morgan fingerprint density at radius 1 is 1.50 bits per heavy atom. The van der Waals surface area contributed by atoms with Crippen molar-refractivity contribution in [1.29, 1.82) is 0 Å². The molecule has 1 saturated carbocycles. The predicted octanol–water partition coefficient (Wildman–Crippen LogP) is 2.60. The maximum atomic E-state index is 12.0. The fraction of sp³-hybridized carbons (Fsp3) is 0.625. The molecule has 0 bridgehead atoms. The monoisotopic (exact) mass is 276 g/mol. The lowest BCUT2D eigenvalue weighted by Crippen LogP contribution is -2.29. The van der Waals surface area contributed by atoms with Crippen LogP contribution in [0.5, 0.6) is 0 Å². The van der Waals surface area contributed by atoms with Gasteiger partial charge in [0.15, 0.2) is 0 Å². The standard InChI is InChI=1S/C16H24N2O2/c1-12-10-17-7-6-14(12)11-18-16(19)9-13-4-3-5-15(8-13)20-2/h6-7,10,13,15H,3-5,8-9,11H2,1-2H3,(H,18,19). The zero-order valence-corrected chi connectivity index (χ0v) is 12.4. The summed E-state index contributed by atoms with van der Waals surface area (Å²) in [6.45, 7) is 2.60. The highest BCUT2D eigenvalue weighted by atomic mass is 16.5. The largest absolute Gasteiger partial charge is 0.381 e. The van der Waals surface area contributed by atoms with Gasteiger partial charge in [-0.25, -0.2) is 0 Å². The zero-order valence-electron chi connectivity index (χ0n) is 12.4. The molecule has 2 atom stereocenters. The van der Waals surface area contributed by atoms with Crippen LogP contribution in [0.1, 0.15) is 43.2 Å². The van der Waals surface area contributed by atoms with Crippen LogP contribution in [0.4, 0.5) is 0 Å². The minimum atomic E-state index is 0.142. The number of carbonyl (C=O) groups is 1. The summed E-state index contributed by atoms with van der Waals surface area (Å²) in [7, 11) is 1.76. The summed E-state index contributed by atoms with van der Waals surface area (Å²) >= 11 is 0. The van der Waals surface area contributed by atoms with E-state index in [4.69, 9.17) is 4.74 Å². The normalized spacial score (nSPS) is 22.5. The van der Waals surface area contributed by atoms with Crippen LogP contribution in [0.2, 0.25) is 0 Å². The first-order valence-corrected chi connectivity index (χ1v) is 7.38. The molecule has 4 heteroatoms. The van der Waals surface area contributed by atoms with E-state index in [1.165, 1.54) is 6.42 Å². The molecule has 1 aliphatic rings. The number of hydrogen-bond acceptors (Lipinski definition) is 3. The summed E-state index contributed by atoms with van der Waals surface area (Å²) < 4.78 is 5.41. The number of hydrogen-bond donors (Lipinski definition) is 1. The molecule has 1 aliphatic carbocycles. The Bertz CT molecular complexity index is 448. The Kier molecular flexibility index (Phi) is 5.53. The Labute approximate surface area is 120 Å². The fourth-order valence-electron chi connectivity index (χ4n) is 2.87. The quantitative estimate of drug-likeness (QED) is 0.899. The van der Waals surface area contributed by atoms with Crippen molar-refractivity contribution >= 4 is 5.91 Å². The Morgan fingerprint density at radius 3 is 3.10 bits per heavy atom. The molecule has 2 rings (SSSR count). The van der Waals surface area contributed by atoms with Crippen molar-refractivity contribution in [3.8, 4) is 0 Å². The fourth-order valence-corrected chi connectivity index (χ4v) is 2.87. The number of amides is 1. The van der Waals surface area contributed by atoms with Gasteiger partial charge in [-0.15, -0.1) is 0 Å². The van der Waals surface area contributed by atoms with E-state index in [1.807, 2.05) is 19.2 Å². The van der Waals surface area contributed by atoms with Crippen LogP contribution in [0.25, 0.3) is 0 Å². The van der Waals surface area contributed by atoms with Gasteiger partial charge in [-0.05, 0) is 49.3 Å². The molecule has 2 unspecified atom stereocenters. The third-order valence-corrected chi connectivity index (χ3v) is 4.15. The number of nitrogens with one attached hydrogen (secondary N) is 1. The van der Waals surface area contributed by atoms with Gasteiger partial charge in [0.1, 0.15) is 0 Å². The summed E-state index contributed by atoms with van der Waals surface area (Å²) in [5, 5.41) is 3.01. The van der Waals surface area contributed by atoms with Crippen molar-refractivity contribution in [1.82, 2.24) is 10.3 Å². The number of pyridine rings is 1. The SMILES string of the molecule is COC1CCCC(CC(=O)NCc2ccncc2C)C1. The lowest BCUT2D eigenvalue weighted by Gasteiger charge is -2.27. The molecule has 1 aromatic heterocycles. The topological polar surface area (TPSA) is 51.2 Å². The van der Waals surface area contributed by atoms with E-state index in [1.54, 1.807) is 13.3 Å². The summed E-state index contributed by atoms with van der Waals surface area (Å²) in [6, 6.07) is 1.96.